The maximum atomic E-state index is 11.8. The zero-order valence-corrected chi connectivity index (χ0v) is 13.6. The van der Waals surface area contributed by atoms with E-state index in [2.05, 4.69) is 21.2 Å². The Morgan fingerprint density at radius 2 is 1.87 bits per heavy atom. The van der Waals surface area contributed by atoms with E-state index < -0.39 is 18.7 Å². The number of amides is 1. The normalized spacial score (nSPS) is 9.96. The fourth-order valence-electron chi connectivity index (χ4n) is 1.74. The molecule has 2 aromatic carbocycles. The molecule has 0 fully saturated rings. The number of hydrogen-bond acceptors (Lipinski definition) is 4. The van der Waals surface area contributed by atoms with Crippen molar-refractivity contribution in [1.29, 1.82) is 0 Å². The second kappa shape index (κ2) is 8.19. The summed E-state index contributed by atoms with van der Waals surface area (Å²) in [6.45, 7) is -0.308. The molecule has 2 rings (SSSR count). The van der Waals surface area contributed by atoms with Crippen molar-refractivity contribution in [2.75, 3.05) is 11.9 Å². The summed E-state index contributed by atoms with van der Waals surface area (Å²) < 4.78 is 10.8. The summed E-state index contributed by atoms with van der Waals surface area (Å²) in [5.41, 5.74) is 1.31. The summed E-state index contributed by atoms with van der Waals surface area (Å²) in [6, 6.07) is 14.1. The summed E-state index contributed by atoms with van der Waals surface area (Å²) in [5, 5.41) is 11.2. The maximum absolute atomic E-state index is 11.8. The number of carbonyl (C=O) groups is 2. The van der Waals surface area contributed by atoms with Crippen LogP contribution in [0.1, 0.15) is 5.56 Å². The van der Waals surface area contributed by atoms with Gasteiger partial charge in [0.05, 0.1) is 0 Å². The average Bonchev–Trinajstić information content (AvgIpc) is 2.51. The largest absolute Gasteiger partial charge is 0.482 e. The number of nitrogens with one attached hydrogen (secondary N) is 1. The van der Waals surface area contributed by atoms with E-state index in [-0.39, 0.29) is 6.61 Å². The first kappa shape index (κ1) is 16.8. The van der Waals surface area contributed by atoms with Crippen LogP contribution < -0.4 is 10.1 Å². The van der Waals surface area contributed by atoms with Crippen LogP contribution in [-0.2, 0) is 16.1 Å². The van der Waals surface area contributed by atoms with Gasteiger partial charge in [-0.15, -0.1) is 0 Å². The van der Waals surface area contributed by atoms with Crippen molar-refractivity contribution < 1.29 is 24.2 Å². The Morgan fingerprint density at radius 1 is 1.13 bits per heavy atom. The second-order valence-corrected chi connectivity index (χ2v) is 5.46. The summed E-state index contributed by atoms with van der Waals surface area (Å²) in [4.78, 5) is 22.3. The Bertz CT molecular complexity index is 690. The number of carbonyl (C=O) groups excluding carboxylic acids is 1. The average molecular weight is 380 g/mol. The molecule has 0 spiro atoms. The molecular weight excluding hydrogens is 366 g/mol. The topological polar surface area (TPSA) is 84.9 Å². The zero-order valence-electron chi connectivity index (χ0n) is 12.0. The van der Waals surface area contributed by atoms with Crippen molar-refractivity contribution in [3.63, 3.8) is 0 Å². The summed E-state index contributed by atoms with van der Waals surface area (Å²) in [7, 11) is 0. The van der Waals surface area contributed by atoms with Crippen molar-refractivity contribution in [2.24, 2.45) is 0 Å². The maximum Gasteiger partial charge on any atom is 0.411 e. The Morgan fingerprint density at radius 3 is 2.57 bits per heavy atom. The number of hydrogen-bond donors (Lipinski definition) is 2. The number of carboxylic acids is 1. The van der Waals surface area contributed by atoms with Crippen molar-refractivity contribution in [3.8, 4) is 5.75 Å². The molecule has 0 aliphatic carbocycles. The van der Waals surface area contributed by atoms with Crippen LogP contribution >= 0.6 is 15.9 Å². The van der Waals surface area contributed by atoms with Gasteiger partial charge in [-0.2, -0.15) is 0 Å². The summed E-state index contributed by atoms with van der Waals surface area (Å²) >= 11 is 3.27. The number of benzene rings is 2. The number of rotatable bonds is 6. The standard InChI is InChI=1S/C16H14BrNO5/c17-12-6-13(8-14(7-12)22-10-15(19)20)18-16(21)23-9-11-4-2-1-3-5-11/h1-8H,9-10H2,(H,18,21)(H,19,20). The molecule has 1 amide bonds. The molecule has 0 aromatic heterocycles. The van der Waals surface area contributed by atoms with Crippen LogP contribution in [0, 0.1) is 0 Å². The second-order valence-electron chi connectivity index (χ2n) is 4.54. The molecule has 2 aromatic rings. The quantitative estimate of drug-likeness (QED) is 0.799. The Labute approximate surface area is 141 Å². The predicted molar refractivity (Wildman–Crippen MR) is 87.5 cm³/mol. The predicted octanol–water partition coefficient (Wildman–Crippen LogP) is 3.66. The Hall–Kier alpha value is -2.54. The van der Waals surface area contributed by atoms with E-state index in [0.29, 0.717) is 15.9 Å². The van der Waals surface area contributed by atoms with Crippen LogP contribution in [0.2, 0.25) is 0 Å². The van der Waals surface area contributed by atoms with Crippen molar-refractivity contribution in [2.45, 2.75) is 6.61 Å². The third-order valence-electron chi connectivity index (χ3n) is 2.69. The fourth-order valence-corrected chi connectivity index (χ4v) is 2.21. The highest BCUT2D eigenvalue weighted by Crippen LogP contribution is 2.25. The monoisotopic (exact) mass is 379 g/mol. The van der Waals surface area contributed by atoms with E-state index in [9.17, 15) is 9.59 Å². The molecule has 2 N–H and O–H groups in total. The molecule has 0 saturated heterocycles. The zero-order chi connectivity index (χ0) is 16.7. The minimum Gasteiger partial charge on any atom is -0.482 e. The van der Waals surface area contributed by atoms with Crippen LogP contribution in [0.15, 0.2) is 53.0 Å². The van der Waals surface area contributed by atoms with Crippen LogP contribution in [0.4, 0.5) is 10.5 Å². The Balaban J connectivity index is 1.93. The van der Waals surface area contributed by atoms with Gasteiger partial charge in [0.25, 0.3) is 0 Å². The molecule has 120 valence electrons. The van der Waals surface area contributed by atoms with E-state index in [1.807, 2.05) is 30.3 Å². The number of ether oxygens (including phenoxy) is 2. The number of aliphatic carboxylic acids is 1. The van der Waals surface area contributed by atoms with Crippen molar-refractivity contribution in [1.82, 2.24) is 0 Å². The van der Waals surface area contributed by atoms with Gasteiger partial charge in [-0.05, 0) is 17.7 Å². The molecular formula is C16H14BrNO5. The highest BCUT2D eigenvalue weighted by Gasteiger charge is 2.07. The first-order valence-corrected chi connectivity index (χ1v) is 7.45. The highest BCUT2D eigenvalue weighted by atomic mass is 79.9. The number of halogens is 1. The highest BCUT2D eigenvalue weighted by molar-refractivity contribution is 9.10. The smallest absolute Gasteiger partial charge is 0.411 e. The molecule has 0 atom stereocenters. The van der Waals surface area contributed by atoms with Gasteiger partial charge in [0, 0.05) is 16.2 Å². The van der Waals surface area contributed by atoms with Gasteiger partial charge in [0.1, 0.15) is 12.4 Å². The lowest BCUT2D eigenvalue weighted by Gasteiger charge is -2.10. The summed E-state index contributed by atoms with van der Waals surface area (Å²) in [6.07, 6.45) is -0.615. The molecule has 0 bridgehead atoms. The molecule has 0 unspecified atom stereocenters. The van der Waals surface area contributed by atoms with Gasteiger partial charge in [-0.25, -0.2) is 9.59 Å². The van der Waals surface area contributed by atoms with Crippen LogP contribution in [-0.4, -0.2) is 23.8 Å². The molecule has 23 heavy (non-hydrogen) atoms. The molecule has 0 radical (unpaired) electrons. The van der Waals surface area contributed by atoms with Crippen LogP contribution in [0.3, 0.4) is 0 Å². The molecule has 0 aliphatic rings. The lowest BCUT2D eigenvalue weighted by molar-refractivity contribution is -0.139. The van der Waals surface area contributed by atoms with E-state index in [0.717, 1.165) is 5.56 Å². The fraction of sp³-hybridized carbons (Fsp3) is 0.125. The van der Waals surface area contributed by atoms with Crippen molar-refractivity contribution in [3.05, 3.63) is 58.6 Å². The molecule has 0 heterocycles. The van der Waals surface area contributed by atoms with Gasteiger partial charge < -0.3 is 14.6 Å². The summed E-state index contributed by atoms with van der Waals surface area (Å²) in [5.74, 6) is -0.762. The lowest BCUT2D eigenvalue weighted by Crippen LogP contribution is -2.14. The van der Waals surface area contributed by atoms with E-state index in [1.165, 1.54) is 6.07 Å². The van der Waals surface area contributed by atoms with Gasteiger partial charge in [-0.1, -0.05) is 46.3 Å². The number of anilines is 1. The van der Waals surface area contributed by atoms with E-state index in [4.69, 9.17) is 14.6 Å². The molecule has 7 heteroatoms. The van der Waals surface area contributed by atoms with Gasteiger partial charge in [0.2, 0.25) is 0 Å². The minimum atomic E-state index is -1.08. The first-order valence-electron chi connectivity index (χ1n) is 6.66. The van der Waals surface area contributed by atoms with E-state index in [1.54, 1.807) is 12.1 Å². The molecule has 0 saturated carbocycles. The molecule has 6 nitrogen and oxygen atoms in total. The third kappa shape index (κ3) is 5.99. The minimum absolute atomic E-state index is 0.156. The SMILES string of the molecule is O=C(O)COc1cc(Br)cc(NC(=O)OCc2ccccc2)c1. The third-order valence-corrected chi connectivity index (χ3v) is 3.15. The van der Waals surface area contributed by atoms with Crippen molar-refractivity contribution >= 4 is 33.7 Å². The van der Waals surface area contributed by atoms with Gasteiger partial charge >= 0.3 is 12.1 Å². The van der Waals surface area contributed by atoms with Crippen LogP contribution in [0.25, 0.3) is 0 Å². The molecule has 0 aliphatic heterocycles. The first-order chi connectivity index (χ1) is 11.0. The van der Waals surface area contributed by atoms with Gasteiger partial charge in [-0.3, -0.25) is 5.32 Å². The lowest BCUT2D eigenvalue weighted by atomic mass is 10.2. The Kier molecular flexibility index (Phi) is 5.99. The number of carboxylic acid groups (broad SMARTS) is 1. The van der Waals surface area contributed by atoms with Gasteiger partial charge in [0.15, 0.2) is 6.61 Å². The van der Waals surface area contributed by atoms with Crippen LogP contribution in [0.5, 0.6) is 5.75 Å². The van der Waals surface area contributed by atoms with E-state index >= 15 is 0 Å².